The SMILES string of the molecule is CC(C)c1nc(Oc2cccnc2)nc(N(C)C)n1. The minimum atomic E-state index is 0.206. The van der Waals surface area contributed by atoms with Gasteiger partial charge >= 0.3 is 6.01 Å². The number of nitrogens with zero attached hydrogens (tertiary/aromatic N) is 5. The van der Waals surface area contributed by atoms with Crippen molar-refractivity contribution >= 4 is 5.95 Å². The number of rotatable bonds is 4. The van der Waals surface area contributed by atoms with Gasteiger partial charge in [0.15, 0.2) is 0 Å². The Kier molecular flexibility index (Phi) is 3.89. The zero-order valence-electron chi connectivity index (χ0n) is 11.5. The average molecular weight is 259 g/mol. The maximum atomic E-state index is 5.61. The molecule has 0 bridgehead atoms. The van der Waals surface area contributed by atoms with E-state index < -0.39 is 0 Å². The smallest absolute Gasteiger partial charge is 0.327 e. The third-order valence-corrected chi connectivity index (χ3v) is 2.38. The third kappa shape index (κ3) is 3.37. The number of pyridine rings is 1. The fourth-order valence-corrected chi connectivity index (χ4v) is 1.38. The molecule has 0 saturated carbocycles. The summed E-state index contributed by atoms with van der Waals surface area (Å²) < 4.78 is 5.61. The van der Waals surface area contributed by atoms with Gasteiger partial charge in [-0.25, -0.2) is 0 Å². The standard InChI is InChI=1S/C13H17N5O/c1-9(2)11-15-12(18(3)4)17-13(16-11)19-10-6-5-7-14-8-10/h5-9H,1-4H3. The molecule has 0 N–H and O–H groups in total. The lowest BCUT2D eigenvalue weighted by molar-refractivity contribution is 0.432. The maximum absolute atomic E-state index is 5.61. The summed E-state index contributed by atoms with van der Waals surface area (Å²) in [7, 11) is 3.76. The molecule has 2 aromatic rings. The minimum Gasteiger partial charge on any atom is -0.423 e. The van der Waals surface area contributed by atoms with Crippen LogP contribution in [0.3, 0.4) is 0 Å². The van der Waals surface area contributed by atoms with Gasteiger partial charge in [0.2, 0.25) is 5.95 Å². The molecule has 0 fully saturated rings. The molecule has 0 aromatic carbocycles. The first kappa shape index (κ1) is 13.2. The van der Waals surface area contributed by atoms with Gasteiger partial charge in [-0.2, -0.15) is 15.0 Å². The van der Waals surface area contributed by atoms with Crippen molar-refractivity contribution < 1.29 is 4.74 Å². The van der Waals surface area contributed by atoms with Crippen LogP contribution in [-0.4, -0.2) is 34.0 Å². The van der Waals surface area contributed by atoms with Crippen LogP contribution in [0, 0.1) is 0 Å². The lowest BCUT2D eigenvalue weighted by Crippen LogP contribution is -2.15. The van der Waals surface area contributed by atoms with Crippen LogP contribution in [-0.2, 0) is 0 Å². The Labute approximate surface area is 112 Å². The highest BCUT2D eigenvalue weighted by Crippen LogP contribution is 2.20. The van der Waals surface area contributed by atoms with Crippen LogP contribution in [0.4, 0.5) is 5.95 Å². The second-order valence-electron chi connectivity index (χ2n) is 4.62. The molecule has 0 aliphatic rings. The van der Waals surface area contributed by atoms with Crippen molar-refractivity contribution in [3.63, 3.8) is 0 Å². The third-order valence-electron chi connectivity index (χ3n) is 2.38. The Morgan fingerprint density at radius 3 is 2.53 bits per heavy atom. The summed E-state index contributed by atoms with van der Waals surface area (Å²) in [5, 5.41) is 0. The average Bonchev–Trinajstić information content (AvgIpc) is 2.39. The van der Waals surface area contributed by atoms with Gasteiger partial charge in [0, 0.05) is 26.2 Å². The van der Waals surface area contributed by atoms with Gasteiger partial charge < -0.3 is 9.64 Å². The number of hydrogen-bond acceptors (Lipinski definition) is 6. The van der Waals surface area contributed by atoms with Crippen LogP contribution in [0.2, 0.25) is 0 Å². The highest BCUT2D eigenvalue weighted by atomic mass is 16.5. The van der Waals surface area contributed by atoms with Crippen molar-refractivity contribution in [1.82, 2.24) is 19.9 Å². The first-order chi connectivity index (χ1) is 9.06. The topological polar surface area (TPSA) is 64.0 Å². The van der Waals surface area contributed by atoms with E-state index in [4.69, 9.17) is 4.74 Å². The number of anilines is 1. The van der Waals surface area contributed by atoms with E-state index in [2.05, 4.69) is 19.9 Å². The minimum absolute atomic E-state index is 0.206. The Balaban J connectivity index is 2.34. The molecular formula is C13H17N5O. The summed E-state index contributed by atoms with van der Waals surface area (Å²) in [4.78, 5) is 18.8. The Bertz CT molecular complexity index is 516. The van der Waals surface area contributed by atoms with Crippen LogP contribution in [0.25, 0.3) is 0 Å². The van der Waals surface area contributed by atoms with E-state index in [1.165, 1.54) is 0 Å². The number of hydrogen-bond donors (Lipinski definition) is 0. The Hall–Kier alpha value is -2.24. The van der Waals surface area contributed by atoms with E-state index in [9.17, 15) is 0 Å². The number of ether oxygens (including phenoxy) is 1. The summed E-state index contributed by atoms with van der Waals surface area (Å²) in [5.74, 6) is 2.10. The fraction of sp³-hybridized carbons (Fsp3) is 0.385. The molecule has 0 atom stereocenters. The molecule has 0 unspecified atom stereocenters. The van der Waals surface area contributed by atoms with E-state index in [1.807, 2.05) is 32.8 Å². The summed E-state index contributed by atoms with van der Waals surface area (Å²) >= 11 is 0. The highest BCUT2D eigenvalue weighted by molar-refractivity contribution is 5.30. The van der Waals surface area contributed by atoms with Crippen molar-refractivity contribution in [2.45, 2.75) is 19.8 Å². The zero-order chi connectivity index (χ0) is 13.8. The monoisotopic (exact) mass is 259 g/mol. The molecule has 0 saturated heterocycles. The van der Waals surface area contributed by atoms with E-state index in [0.717, 1.165) is 0 Å². The molecule has 2 heterocycles. The highest BCUT2D eigenvalue weighted by Gasteiger charge is 2.12. The number of aromatic nitrogens is 4. The van der Waals surface area contributed by atoms with E-state index in [0.29, 0.717) is 17.5 Å². The van der Waals surface area contributed by atoms with Gasteiger partial charge in [0.05, 0.1) is 6.20 Å². The molecule has 0 radical (unpaired) electrons. The summed E-state index contributed by atoms with van der Waals surface area (Å²) in [6.07, 6.45) is 3.30. The van der Waals surface area contributed by atoms with Crippen LogP contribution in [0.5, 0.6) is 11.8 Å². The first-order valence-electron chi connectivity index (χ1n) is 6.07. The van der Waals surface area contributed by atoms with Gasteiger partial charge in [0.1, 0.15) is 11.6 Å². The van der Waals surface area contributed by atoms with Crippen molar-refractivity contribution in [2.24, 2.45) is 0 Å². The molecule has 2 aromatic heterocycles. The second kappa shape index (κ2) is 5.60. The lowest BCUT2D eigenvalue weighted by atomic mass is 10.2. The molecule has 2 rings (SSSR count). The predicted octanol–water partition coefficient (Wildman–Crippen LogP) is 2.25. The first-order valence-corrected chi connectivity index (χ1v) is 6.07. The Morgan fingerprint density at radius 2 is 1.95 bits per heavy atom. The van der Waals surface area contributed by atoms with E-state index in [-0.39, 0.29) is 11.9 Å². The molecule has 6 nitrogen and oxygen atoms in total. The maximum Gasteiger partial charge on any atom is 0.327 e. The molecule has 19 heavy (non-hydrogen) atoms. The van der Waals surface area contributed by atoms with Crippen LogP contribution in [0.1, 0.15) is 25.6 Å². The zero-order valence-corrected chi connectivity index (χ0v) is 11.5. The summed E-state index contributed by atoms with van der Waals surface area (Å²) in [6, 6.07) is 3.89. The van der Waals surface area contributed by atoms with Crippen LogP contribution < -0.4 is 9.64 Å². The molecule has 0 aliphatic heterocycles. The molecular weight excluding hydrogens is 242 g/mol. The van der Waals surface area contributed by atoms with Gasteiger partial charge in [-0.3, -0.25) is 4.98 Å². The quantitative estimate of drug-likeness (QED) is 0.839. The second-order valence-corrected chi connectivity index (χ2v) is 4.62. The predicted molar refractivity (Wildman–Crippen MR) is 72.6 cm³/mol. The van der Waals surface area contributed by atoms with E-state index in [1.54, 1.807) is 24.5 Å². The molecule has 0 amide bonds. The van der Waals surface area contributed by atoms with Gasteiger partial charge in [-0.05, 0) is 12.1 Å². The van der Waals surface area contributed by atoms with Gasteiger partial charge in [-0.1, -0.05) is 13.8 Å². The van der Waals surface area contributed by atoms with Crippen LogP contribution in [0.15, 0.2) is 24.5 Å². The fourth-order valence-electron chi connectivity index (χ4n) is 1.38. The van der Waals surface area contributed by atoms with Crippen LogP contribution >= 0.6 is 0 Å². The molecule has 0 spiro atoms. The van der Waals surface area contributed by atoms with Gasteiger partial charge in [-0.15, -0.1) is 0 Å². The van der Waals surface area contributed by atoms with Crippen molar-refractivity contribution in [2.75, 3.05) is 19.0 Å². The lowest BCUT2D eigenvalue weighted by Gasteiger charge is -2.13. The van der Waals surface area contributed by atoms with Gasteiger partial charge in [0.25, 0.3) is 0 Å². The largest absolute Gasteiger partial charge is 0.423 e. The summed E-state index contributed by atoms with van der Waals surface area (Å²) in [6.45, 7) is 4.06. The van der Waals surface area contributed by atoms with Crippen molar-refractivity contribution in [1.29, 1.82) is 0 Å². The van der Waals surface area contributed by atoms with Crippen molar-refractivity contribution in [3.8, 4) is 11.8 Å². The Morgan fingerprint density at radius 1 is 1.16 bits per heavy atom. The normalized spacial score (nSPS) is 10.6. The molecule has 0 aliphatic carbocycles. The molecule has 100 valence electrons. The molecule has 6 heteroatoms. The van der Waals surface area contributed by atoms with E-state index >= 15 is 0 Å². The van der Waals surface area contributed by atoms with Crippen molar-refractivity contribution in [3.05, 3.63) is 30.4 Å². The summed E-state index contributed by atoms with van der Waals surface area (Å²) in [5.41, 5.74) is 0.